The summed E-state index contributed by atoms with van der Waals surface area (Å²) in [5.41, 5.74) is 0.369. The molecule has 88 valence electrons. The van der Waals surface area contributed by atoms with Gasteiger partial charge in [-0.05, 0) is 24.6 Å². The minimum Gasteiger partial charge on any atom is -0.396 e. The lowest BCUT2D eigenvalue weighted by molar-refractivity contribution is 0.249. The minimum atomic E-state index is -0.431. The monoisotopic (exact) mass is 290 g/mol. The Morgan fingerprint density at radius 2 is 2.19 bits per heavy atom. The quantitative estimate of drug-likeness (QED) is 0.744. The molecule has 0 heterocycles. The van der Waals surface area contributed by atoms with Gasteiger partial charge in [0.2, 0.25) is 0 Å². The molecule has 4 nitrogen and oxygen atoms in total. The number of anilines is 1. The fraction of sp³-hybridized carbons (Fsp3) is 0.300. The number of carbonyl (C=O) groups is 1. The van der Waals surface area contributed by atoms with Crippen LogP contribution in [0.1, 0.15) is 6.42 Å². The van der Waals surface area contributed by atoms with Crippen LogP contribution in [0.4, 0.5) is 14.9 Å². The molecule has 1 aromatic carbocycles. The summed E-state index contributed by atoms with van der Waals surface area (Å²) in [6.45, 7) is 0.393. The lowest BCUT2D eigenvalue weighted by Gasteiger charge is -2.07. The number of hydrogen-bond acceptors (Lipinski definition) is 2. The summed E-state index contributed by atoms with van der Waals surface area (Å²) in [6.07, 6.45) is 0.486. The van der Waals surface area contributed by atoms with Crippen LogP contribution in [0.2, 0.25) is 0 Å². The molecular formula is C10H12BrFN2O2. The molecule has 2 amide bonds. The van der Waals surface area contributed by atoms with E-state index in [1.54, 1.807) is 6.07 Å². The largest absolute Gasteiger partial charge is 0.396 e. The van der Waals surface area contributed by atoms with Gasteiger partial charge in [-0.3, -0.25) is 0 Å². The van der Waals surface area contributed by atoms with Crippen molar-refractivity contribution in [3.8, 4) is 0 Å². The summed E-state index contributed by atoms with van der Waals surface area (Å²) < 4.78 is 13.5. The molecule has 1 rings (SSSR count). The van der Waals surface area contributed by atoms with Gasteiger partial charge in [0, 0.05) is 23.3 Å². The average molecular weight is 291 g/mol. The predicted octanol–water partition coefficient (Wildman–Crippen LogP) is 2.09. The predicted molar refractivity (Wildman–Crippen MR) is 62.8 cm³/mol. The van der Waals surface area contributed by atoms with E-state index in [0.717, 1.165) is 0 Å². The molecule has 0 unspecified atom stereocenters. The maximum Gasteiger partial charge on any atom is 0.319 e. The van der Waals surface area contributed by atoms with Crippen LogP contribution in [-0.4, -0.2) is 24.3 Å². The van der Waals surface area contributed by atoms with Crippen molar-refractivity contribution in [2.45, 2.75) is 6.42 Å². The zero-order valence-corrected chi connectivity index (χ0v) is 10.1. The summed E-state index contributed by atoms with van der Waals surface area (Å²) >= 11 is 3.12. The number of amides is 2. The average Bonchev–Trinajstić information content (AvgIpc) is 2.16. The van der Waals surface area contributed by atoms with Crippen molar-refractivity contribution >= 4 is 27.6 Å². The number of urea groups is 1. The highest BCUT2D eigenvalue weighted by atomic mass is 79.9. The Labute approximate surface area is 101 Å². The van der Waals surface area contributed by atoms with Crippen LogP contribution in [0.25, 0.3) is 0 Å². The van der Waals surface area contributed by atoms with E-state index in [0.29, 0.717) is 23.1 Å². The van der Waals surface area contributed by atoms with Crippen molar-refractivity contribution in [2.75, 3.05) is 18.5 Å². The highest BCUT2D eigenvalue weighted by Gasteiger charge is 2.03. The Morgan fingerprint density at radius 3 is 2.81 bits per heavy atom. The first-order valence-corrected chi connectivity index (χ1v) is 5.53. The molecule has 0 spiro atoms. The van der Waals surface area contributed by atoms with Crippen molar-refractivity contribution in [1.82, 2.24) is 5.32 Å². The molecule has 0 radical (unpaired) electrons. The standard InChI is InChI=1S/C10H12BrFN2O2/c11-7-4-8(12)6-9(5-7)14-10(16)13-2-1-3-15/h4-6,15H,1-3H2,(H2,13,14,16). The lowest BCUT2D eigenvalue weighted by atomic mass is 10.3. The molecule has 0 bridgehead atoms. The summed E-state index contributed by atoms with van der Waals surface area (Å²) in [5, 5.41) is 13.5. The van der Waals surface area contributed by atoms with E-state index in [9.17, 15) is 9.18 Å². The molecular weight excluding hydrogens is 279 g/mol. The maximum atomic E-state index is 13.0. The fourth-order valence-corrected chi connectivity index (χ4v) is 1.55. The van der Waals surface area contributed by atoms with Crippen LogP contribution in [-0.2, 0) is 0 Å². The summed E-state index contributed by atoms with van der Waals surface area (Å²) in [5.74, 6) is -0.431. The van der Waals surface area contributed by atoms with E-state index >= 15 is 0 Å². The van der Waals surface area contributed by atoms with Gasteiger partial charge < -0.3 is 15.7 Å². The minimum absolute atomic E-state index is 0.0196. The number of rotatable bonds is 4. The van der Waals surface area contributed by atoms with Gasteiger partial charge in [0.25, 0.3) is 0 Å². The Kier molecular flexibility index (Phi) is 5.21. The first-order valence-electron chi connectivity index (χ1n) is 4.73. The second-order valence-corrected chi connectivity index (χ2v) is 4.03. The van der Waals surface area contributed by atoms with Crippen molar-refractivity contribution in [1.29, 1.82) is 0 Å². The molecule has 0 aliphatic heterocycles. The maximum absolute atomic E-state index is 13.0. The number of nitrogens with one attached hydrogen (secondary N) is 2. The smallest absolute Gasteiger partial charge is 0.319 e. The van der Waals surface area contributed by atoms with Gasteiger partial charge in [0.1, 0.15) is 5.82 Å². The molecule has 16 heavy (non-hydrogen) atoms. The normalized spacial score (nSPS) is 9.94. The van der Waals surface area contributed by atoms with Gasteiger partial charge in [-0.2, -0.15) is 0 Å². The Bertz CT molecular complexity index is 354. The molecule has 0 saturated heterocycles. The first kappa shape index (κ1) is 12.9. The van der Waals surface area contributed by atoms with Crippen LogP contribution in [0.5, 0.6) is 0 Å². The number of benzene rings is 1. The van der Waals surface area contributed by atoms with Crippen molar-refractivity contribution in [3.05, 3.63) is 28.5 Å². The molecule has 3 N–H and O–H groups in total. The van der Waals surface area contributed by atoms with E-state index < -0.39 is 11.8 Å². The topological polar surface area (TPSA) is 61.4 Å². The van der Waals surface area contributed by atoms with Gasteiger partial charge in [0.15, 0.2) is 0 Å². The third kappa shape index (κ3) is 4.59. The lowest BCUT2D eigenvalue weighted by Crippen LogP contribution is -2.29. The molecule has 6 heteroatoms. The van der Waals surface area contributed by atoms with E-state index in [2.05, 4.69) is 26.6 Å². The molecule has 1 aromatic rings. The molecule has 0 saturated carbocycles. The zero-order valence-electron chi connectivity index (χ0n) is 8.46. The Hall–Kier alpha value is -1.14. The second-order valence-electron chi connectivity index (χ2n) is 3.12. The third-order valence-electron chi connectivity index (χ3n) is 1.74. The van der Waals surface area contributed by atoms with Crippen LogP contribution in [0.15, 0.2) is 22.7 Å². The van der Waals surface area contributed by atoms with Crippen LogP contribution in [0.3, 0.4) is 0 Å². The Balaban J connectivity index is 2.49. The van der Waals surface area contributed by atoms with Gasteiger partial charge in [-0.25, -0.2) is 9.18 Å². The Morgan fingerprint density at radius 1 is 1.44 bits per heavy atom. The summed E-state index contributed by atoms with van der Waals surface area (Å²) in [7, 11) is 0. The van der Waals surface area contributed by atoms with Gasteiger partial charge in [0.05, 0.1) is 0 Å². The molecule has 0 aromatic heterocycles. The number of aliphatic hydroxyl groups is 1. The number of aliphatic hydroxyl groups excluding tert-OH is 1. The SMILES string of the molecule is O=C(NCCCO)Nc1cc(F)cc(Br)c1. The van der Waals surface area contributed by atoms with E-state index in [-0.39, 0.29) is 6.61 Å². The van der Waals surface area contributed by atoms with E-state index in [1.165, 1.54) is 12.1 Å². The number of hydrogen-bond donors (Lipinski definition) is 3. The van der Waals surface area contributed by atoms with Crippen LogP contribution >= 0.6 is 15.9 Å². The van der Waals surface area contributed by atoms with Gasteiger partial charge >= 0.3 is 6.03 Å². The fourth-order valence-electron chi connectivity index (χ4n) is 1.08. The molecule has 0 atom stereocenters. The number of halogens is 2. The zero-order chi connectivity index (χ0) is 12.0. The second kappa shape index (κ2) is 6.44. The van der Waals surface area contributed by atoms with Gasteiger partial charge in [-0.1, -0.05) is 15.9 Å². The summed E-state index contributed by atoms with van der Waals surface area (Å²) in [6, 6.07) is 3.69. The van der Waals surface area contributed by atoms with Crippen molar-refractivity contribution in [2.24, 2.45) is 0 Å². The van der Waals surface area contributed by atoms with E-state index in [4.69, 9.17) is 5.11 Å². The number of carbonyl (C=O) groups excluding carboxylic acids is 1. The molecule has 0 aliphatic carbocycles. The third-order valence-corrected chi connectivity index (χ3v) is 2.20. The van der Waals surface area contributed by atoms with Crippen LogP contribution < -0.4 is 10.6 Å². The highest BCUT2D eigenvalue weighted by Crippen LogP contribution is 2.18. The highest BCUT2D eigenvalue weighted by molar-refractivity contribution is 9.10. The molecule has 0 fully saturated rings. The van der Waals surface area contributed by atoms with Crippen molar-refractivity contribution < 1.29 is 14.3 Å². The van der Waals surface area contributed by atoms with Crippen LogP contribution in [0, 0.1) is 5.82 Å². The van der Waals surface area contributed by atoms with E-state index in [1.807, 2.05) is 0 Å². The summed E-state index contributed by atoms with van der Waals surface area (Å²) in [4.78, 5) is 11.3. The van der Waals surface area contributed by atoms with Crippen molar-refractivity contribution in [3.63, 3.8) is 0 Å². The van der Waals surface area contributed by atoms with Gasteiger partial charge in [-0.15, -0.1) is 0 Å². The molecule has 0 aliphatic rings. The first-order chi connectivity index (χ1) is 7.61.